The van der Waals surface area contributed by atoms with Crippen LogP contribution in [0.2, 0.25) is 0 Å². The molecule has 1 aromatic heterocycles. The minimum Gasteiger partial charge on any atom is -0.380 e. The summed E-state index contributed by atoms with van der Waals surface area (Å²) >= 11 is 0. The third kappa shape index (κ3) is 2.57. The molecule has 116 valence electrons. The van der Waals surface area contributed by atoms with E-state index in [2.05, 4.69) is 20.8 Å². The van der Waals surface area contributed by atoms with Crippen LogP contribution in [0.4, 0.5) is 10.1 Å². The van der Waals surface area contributed by atoms with Crippen LogP contribution in [-0.4, -0.2) is 36.8 Å². The lowest BCUT2D eigenvalue weighted by molar-refractivity contribution is -0.133. The molecule has 0 bridgehead atoms. The Morgan fingerprint density at radius 3 is 2.77 bits per heavy atom. The van der Waals surface area contributed by atoms with Gasteiger partial charge >= 0.3 is 0 Å². The van der Waals surface area contributed by atoms with Crippen LogP contribution in [0.1, 0.15) is 31.5 Å². The molecule has 8 heteroatoms. The van der Waals surface area contributed by atoms with Gasteiger partial charge < -0.3 is 10.4 Å². The number of carbonyl (C=O) groups is 1. The van der Waals surface area contributed by atoms with Crippen LogP contribution >= 0.6 is 0 Å². The number of amides is 1. The average Bonchev–Trinajstić information content (AvgIpc) is 3.11. The maximum absolute atomic E-state index is 13.9. The fraction of sp³-hybridized carbons (Fsp3) is 0.429. The Bertz CT molecular complexity index is 709. The lowest BCUT2D eigenvalue weighted by atomic mass is 10.0. The van der Waals surface area contributed by atoms with Crippen molar-refractivity contribution in [1.29, 1.82) is 0 Å². The number of halogens is 1. The second-order valence-electron chi connectivity index (χ2n) is 5.49. The van der Waals surface area contributed by atoms with E-state index in [-0.39, 0.29) is 5.69 Å². The zero-order valence-corrected chi connectivity index (χ0v) is 12.1. The Balaban J connectivity index is 1.87. The van der Waals surface area contributed by atoms with Gasteiger partial charge in [0.25, 0.3) is 5.91 Å². The van der Waals surface area contributed by atoms with Gasteiger partial charge in [-0.15, -0.1) is 5.10 Å². The summed E-state index contributed by atoms with van der Waals surface area (Å²) in [4.78, 5) is 12.2. The first kappa shape index (κ1) is 14.6. The molecular formula is C14H16FN5O2. The van der Waals surface area contributed by atoms with Gasteiger partial charge in [0.15, 0.2) is 5.82 Å². The van der Waals surface area contributed by atoms with Crippen LogP contribution in [0.25, 0.3) is 5.69 Å². The Labute approximate surface area is 126 Å². The summed E-state index contributed by atoms with van der Waals surface area (Å²) in [5, 5.41) is 23.8. The highest BCUT2D eigenvalue weighted by Gasteiger charge is 2.39. The zero-order valence-electron chi connectivity index (χ0n) is 12.1. The van der Waals surface area contributed by atoms with E-state index < -0.39 is 17.3 Å². The van der Waals surface area contributed by atoms with Crippen molar-refractivity contribution in [2.75, 3.05) is 5.32 Å². The summed E-state index contributed by atoms with van der Waals surface area (Å²) in [5.41, 5.74) is -0.886. The van der Waals surface area contributed by atoms with E-state index in [0.717, 1.165) is 12.8 Å². The van der Waals surface area contributed by atoms with Gasteiger partial charge in [-0.1, -0.05) is 0 Å². The first-order valence-corrected chi connectivity index (χ1v) is 7.08. The predicted octanol–water partition coefficient (Wildman–Crippen LogP) is 1.35. The van der Waals surface area contributed by atoms with Gasteiger partial charge in [0.1, 0.15) is 11.4 Å². The molecule has 1 heterocycles. The van der Waals surface area contributed by atoms with Crippen LogP contribution in [0, 0.1) is 12.7 Å². The highest BCUT2D eigenvalue weighted by molar-refractivity contribution is 5.97. The van der Waals surface area contributed by atoms with Crippen LogP contribution in [0.15, 0.2) is 18.2 Å². The molecule has 0 aliphatic heterocycles. The summed E-state index contributed by atoms with van der Waals surface area (Å²) in [6.07, 6.45) is 2.37. The first-order chi connectivity index (χ1) is 10.5. The summed E-state index contributed by atoms with van der Waals surface area (Å²) < 4.78 is 15.4. The molecular weight excluding hydrogens is 289 g/mol. The molecule has 0 radical (unpaired) electrons. The molecule has 2 N–H and O–H groups in total. The fourth-order valence-electron chi connectivity index (χ4n) is 2.64. The summed E-state index contributed by atoms with van der Waals surface area (Å²) in [6, 6.07) is 4.18. The molecule has 1 saturated carbocycles. The molecule has 1 fully saturated rings. The van der Waals surface area contributed by atoms with Gasteiger partial charge in [-0.3, -0.25) is 4.79 Å². The van der Waals surface area contributed by atoms with Crippen LogP contribution in [0.5, 0.6) is 0 Å². The van der Waals surface area contributed by atoms with Crippen molar-refractivity contribution >= 4 is 11.6 Å². The van der Waals surface area contributed by atoms with E-state index in [4.69, 9.17) is 0 Å². The SMILES string of the molecule is Cc1nnnn1-c1ccc(F)c(NC(=O)C2(O)CCCC2)c1. The van der Waals surface area contributed by atoms with E-state index in [9.17, 15) is 14.3 Å². The second kappa shape index (κ2) is 5.45. The Kier molecular flexibility index (Phi) is 3.61. The standard InChI is InChI=1S/C14H16FN5O2/c1-9-17-18-19-20(9)10-4-5-11(15)12(8-10)16-13(21)14(22)6-2-3-7-14/h4-5,8,22H,2-3,6-7H2,1H3,(H,16,21). The molecule has 1 aliphatic rings. The van der Waals surface area contributed by atoms with Crippen molar-refractivity contribution in [1.82, 2.24) is 20.2 Å². The maximum Gasteiger partial charge on any atom is 0.256 e. The Morgan fingerprint density at radius 1 is 1.41 bits per heavy atom. The zero-order chi connectivity index (χ0) is 15.7. The third-order valence-corrected chi connectivity index (χ3v) is 3.92. The molecule has 3 rings (SSSR count). The highest BCUT2D eigenvalue weighted by Crippen LogP contribution is 2.31. The molecule has 1 amide bonds. The number of tetrazole rings is 1. The Hall–Kier alpha value is -2.35. The Morgan fingerprint density at radius 2 is 2.14 bits per heavy atom. The van der Waals surface area contributed by atoms with Crippen molar-refractivity contribution in [2.24, 2.45) is 0 Å². The maximum atomic E-state index is 13.9. The van der Waals surface area contributed by atoms with E-state index in [1.807, 2.05) is 0 Å². The lowest BCUT2D eigenvalue weighted by Crippen LogP contribution is -2.40. The number of hydrogen-bond donors (Lipinski definition) is 2. The van der Waals surface area contributed by atoms with Crippen molar-refractivity contribution in [3.05, 3.63) is 29.8 Å². The van der Waals surface area contributed by atoms with Crippen LogP contribution in [-0.2, 0) is 4.79 Å². The number of hydrogen-bond acceptors (Lipinski definition) is 5. The van der Waals surface area contributed by atoms with Gasteiger partial charge in [0.2, 0.25) is 0 Å². The van der Waals surface area contributed by atoms with Gasteiger partial charge in [-0.2, -0.15) is 4.68 Å². The number of nitrogens with one attached hydrogen (secondary N) is 1. The van der Waals surface area contributed by atoms with Crippen molar-refractivity contribution in [3.63, 3.8) is 0 Å². The minimum absolute atomic E-state index is 0.00211. The average molecular weight is 305 g/mol. The number of rotatable bonds is 3. The number of benzene rings is 1. The van der Waals surface area contributed by atoms with E-state index in [1.54, 1.807) is 6.92 Å². The summed E-state index contributed by atoms with van der Waals surface area (Å²) in [6.45, 7) is 1.71. The normalized spacial score (nSPS) is 16.7. The second-order valence-corrected chi connectivity index (χ2v) is 5.49. The van der Waals surface area contributed by atoms with E-state index in [1.165, 1.54) is 22.9 Å². The number of aryl methyl sites for hydroxylation is 1. The third-order valence-electron chi connectivity index (χ3n) is 3.92. The van der Waals surface area contributed by atoms with E-state index in [0.29, 0.717) is 24.4 Å². The van der Waals surface area contributed by atoms with E-state index >= 15 is 0 Å². The van der Waals surface area contributed by atoms with Crippen LogP contribution < -0.4 is 5.32 Å². The monoisotopic (exact) mass is 305 g/mol. The molecule has 0 spiro atoms. The topological polar surface area (TPSA) is 92.9 Å². The van der Waals surface area contributed by atoms with Crippen molar-refractivity contribution in [2.45, 2.75) is 38.2 Å². The molecule has 0 unspecified atom stereocenters. The molecule has 22 heavy (non-hydrogen) atoms. The summed E-state index contributed by atoms with van der Waals surface area (Å²) in [5.74, 6) is -0.614. The van der Waals surface area contributed by atoms with Gasteiger partial charge in [-0.25, -0.2) is 4.39 Å². The number of carbonyl (C=O) groups excluding carboxylic acids is 1. The molecule has 7 nitrogen and oxygen atoms in total. The minimum atomic E-state index is -1.41. The van der Waals surface area contributed by atoms with Gasteiger partial charge in [0.05, 0.1) is 11.4 Å². The number of nitrogens with zero attached hydrogens (tertiary/aromatic N) is 4. The van der Waals surface area contributed by atoms with Crippen molar-refractivity contribution in [3.8, 4) is 5.69 Å². The lowest BCUT2D eigenvalue weighted by Gasteiger charge is -2.21. The van der Waals surface area contributed by atoms with Gasteiger partial charge in [0, 0.05) is 0 Å². The number of aliphatic hydroxyl groups is 1. The van der Waals surface area contributed by atoms with Crippen LogP contribution in [0.3, 0.4) is 0 Å². The fourth-order valence-corrected chi connectivity index (χ4v) is 2.64. The number of anilines is 1. The van der Waals surface area contributed by atoms with Crippen molar-refractivity contribution < 1.29 is 14.3 Å². The molecule has 1 aliphatic carbocycles. The highest BCUT2D eigenvalue weighted by atomic mass is 19.1. The predicted molar refractivity (Wildman–Crippen MR) is 75.9 cm³/mol. The number of aromatic nitrogens is 4. The smallest absolute Gasteiger partial charge is 0.256 e. The first-order valence-electron chi connectivity index (χ1n) is 7.08. The van der Waals surface area contributed by atoms with Gasteiger partial charge in [-0.05, 0) is 61.2 Å². The molecule has 1 aromatic carbocycles. The quantitative estimate of drug-likeness (QED) is 0.893. The molecule has 0 atom stereocenters. The molecule has 0 saturated heterocycles. The largest absolute Gasteiger partial charge is 0.380 e. The molecule has 2 aromatic rings. The summed E-state index contributed by atoms with van der Waals surface area (Å²) in [7, 11) is 0.